The van der Waals surface area contributed by atoms with E-state index in [1.165, 1.54) is 22.7 Å². The Morgan fingerprint density at radius 2 is 1.94 bits per heavy atom. The minimum Gasteiger partial charge on any atom is -0.496 e. The van der Waals surface area contributed by atoms with E-state index < -0.39 is 23.0 Å². The minimum atomic E-state index is -0.998. The minimum absolute atomic E-state index is 0.167. The van der Waals surface area contributed by atoms with Gasteiger partial charge in [-0.15, -0.1) is 11.3 Å². The SMILES string of the molecule is COc1cc2ncc3c(c2cc1CCc1cccs1)n(-c1c(F)cc(C#N)cc1F)c(=O)n3C. The van der Waals surface area contributed by atoms with Crippen molar-refractivity contribution in [2.45, 2.75) is 12.8 Å². The molecule has 0 aliphatic rings. The van der Waals surface area contributed by atoms with E-state index in [1.807, 2.05) is 17.5 Å². The van der Waals surface area contributed by atoms with Crippen LogP contribution >= 0.6 is 11.3 Å². The van der Waals surface area contributed by atoms with Crippen LogP contribution in [-0.4, -0.2) is 21.2 Å². The first-order valence-electron chi connectivity index (χ1n) is 10.4. The number of nitriles is 1. The molecule has 0 atom stereocenters. The highest BCUT2D eigenvalue weighted by atomic mass is 32.1. The molecule has 5 rings (SSSR count). The average molecular weight is 477 g/mol. The van der Waals surface area contributed by atoms with Crippen LogP contribution in [0.5, 0.6) is 5.75 Å². The van der Waals surface area contributed by atoms with Crippen molar-refractivity contribution in [3.63, 3.8) is 0 Å². The molecule has 9 heteroatoms. The van der Waals surface area contributed by atoms with Crippen LogP contribution in [0.15, 0.2) is 52.8 Å². The topological polar surface area (TPSA) is 72.8 Å². The van der Waals surface area contributed by atoms with Crippen molar-refractivity contribution in [2.24, 2.45) is 7.05 Å². The van der Waals surface area contributed by atoms with E-state index >= 15 is 0 Å². The quantitative estimate of drug-likeness (QED) is 0.362. The Morgan fingerprint density at radius 1 is 1.18 bits per heavy atom. The van der Waals surface area contributed by atoms with Gasteiger partial charge in [0.05, 0.1) is 41.5 Å². The van der Waals surface area contributed by atoms with Crippen molar-refractivity contribution in [3.05, 3.63) is 86.1 Å². The van der Waals surface area contributed by atoms with Crippen LogP contribution in [0.1, 0.15) is 16.0 Å². The normalized spacial score (nSPS) is 11.3. The van der Waals surface area contributed by atoms with Gasteiger partial charge >= 0.3 is 5.69 Å². The van der Waals surface area contributed by atoms with Gasteiger partial charge in [-0.3, -0.25) is 14.1 Å². The van der Waals surface area contributed by atoms with Crippen LogP contribution in [0.4, 0.5) is 8.78 Å². The van der Waals surface area contributed by atoms with Gasteiger partial charge in [0.25, 0.3) is 0 Å². The third-order valence-corrected chi connectivity index (χ3v) is 6.81. The van der Waals surface area contributed by atoms with Gasteiger partial charge in [-0.25, -0.2) is 13.6 Å². The number of imidazole rings is 1. The number of hydrogen-bond donors (Lipinski definition) is 0. The Kier molecular flexibility index (Phi) is 5.38. The van der Waals surface area contributed by atoms with E-state index in [1.54, 1.807) is 30.6 Å². The molecule has 0 spiro atoms. The lowest BCUT2D eigenvalue weighted by atomic mass is 10.0. The second-order valence-electron chi connectivity index (χ2n) is 7.83. The van der Waals surface area contributed by atoms with Crippen molar-refractivity contribution < 1.29 is 13.5 Å². The van der Waals surface area contributed by atoms with Crippen LogP contribution in [0.25, 0.3) is 27.6 Å². The van der Waals surface area contributed by atoms with Gasteiger partial charge < -0.3 is 4.74 Å². The summed E-state index contributed by atoms with van der Waals surface area (Å²) in [6.07, 6.45) is 2.97. The molecule has 34 heavy (non-hydrogen) atoms. The zero-order chi connectivity index (χ0) is 24.0. The second-order valence-corrected chi connectivity index (χ2v) is 8.86. The first-order valence-corrected chi connectivity index (χ1v) is 11.3. The Hall–Kier alpha value is -4.03. The van der Waals surface area contributed by atoms with Crippen LogP contribution in [0.2, 0.25) is 0 Å². The number of methoxy groups -OCH3 is 1. The fourth-order valence-electron chi connectivity index (χ4n) is 4.22. The van der Waals surface area contributed by atoms with Crippen LogP contribution < -0.4 is 10.4 Å². The van der Waals surface area contributed by atoms with Gasteiger partial charge in [0.2, 0.25) is 0 Å². The third-order valence-electron chi connectivity index (χ3n) is 5.88. The molecule has 0 amide bonds. The number of thiophene rings is 1. The number of rotatable bonds is 5. The molecule has 0 saturated carbocycles. The van der Waals surface area contributed by atoms with Crippen molar-refractivity contribution in [1.29, 1.82) is 5.26 Å². The van der Waals surface area contributed by atoms with Crippen molar-refractivity contribution in [2.75, 3.05) is 7.11 Å². The Bertz CT molecular complexity index is 1640. The van der Waals surface area contributed by atoms with E-state index in [0.717, 1.165) is 28.7 Å². The Labute approximate surface area is 196 Å². The van der Waals surface area contributed by atoms with Crippen LogP contribution in [0, 0.1) is 23.0 Å². The summed E-state index contributed by atoms with van der Waals surface area (Å²) in [4.78, 5) is 18.8. The molecule has 5 aromatic rings. The van der Waals surface area contributed by atoms with E-state index in [9.17, 15) is 13.6 Å². The summed E-state index contributed by atoms with van der Waals surface area (Å²) in [5.41, 5.74) is 0.856. The number of hydrogen-bond acceptors (Lipinski definition) is 5. The monoisotopic (exact) mass is 476 g/mol. The predicted molar refractivity (Wildman–Crippen MR) is 127 cm³/mol. The van der Waals surface area contributed by atoms with E-state index in [0.29, 0.717) is 34.1 Å². The highest BCUT2D eigenvalue weighted by molar-refractivity contribution is 7.09. The molecule has 6 nitrogen and oxygen atoms in total. The van der Waals surface area contributed by atoms with E-state index in [-0.39, 0.29) is 5.56 Å². The number of halogens is 2. The lowest BCUT2D eigenvalue weighted by molar-refractivity contribution is 0.410. The smallest absolute Gasteiger partial charge is 0.333 e. The fraction of sp³-hybridized carbons (Fsp3) is 0.160. The lowest BCUT2D eigenvalue weighted by Crippen LogP contribution is -2.22. The van der Waals surface area contributed by atoms with Gasteiger partial charge in [0, 0.05) is 23.4 Å². The average Bonchev–Trinajstić information content (AvgIpc) is 3.44. The molecule has 3 aromatic heterocycles. The number of pyridine rings is 1. The molecule has 0 radical (unpaired) electrons. The first kappa shape index (κ1) is 21.8. The highest BCUT2D eigenvalue weighted by Crippen LogP contribution is 2.33. The molecule has 0 aliphatic heterocycles. The second kappa shape index (κ2) is 8.39. The number of benzene rings is 2. The molecular formula is C25H18F2N4O2S. The number of aryl methyl sites for hydroxylation is 3. The van der Waals surface area contributed by atoms with Gasteiger partial charge in [0.1, 0.15) is 11.4 Å². The zero-order valence-corrected chi connectivity index (χ0v) is 19.1. The zero-order valence-electron chi connectivity index (χ0n) is 18.3. The summed E-state index contributed by atoms with van der Waals surface area (Å²) < 4.78 is 37.9. The van der Waals surface area contributed by atoms with Gasteiger partial charge in [-0.2, -0.15) is 5.26 Å². The summed E-state index contributed by atoms with van der Waals surface area (Å²) in [6.45, 7) is 0. The van der Waals surface area contributed by atoms with E-state index in [2.05, 4.69) is 11.1 Å². The largest absolute Gasteiger partial charge is 0.496 e. The predicted octanol–water partition coefficient (Wildman–Crippen LogP) is 4.88. The Morgan fingerprint density at radius 3 is 2.59 bits per heavy atom. The maximum Gasteiger partial charge on any atom is 0.333 e. The highest BCUT2D eigenvalue weighted by Gasteiger charge is 2.23. The van der Waals surface area contributed by atoms with Crippen LogP contribution in [-0.2, 0) is 19.9 Å². The molecule has 0 unspecified atom stereocenters. The third kappa shape index (κ3) is 3.43. The molecule has 2 aromatic carbocycles. The summed E-state index contributed by atoms with van der Waals surface area (Å²) in [7, 11) is 3.10. The standard InChI is InChI=1S/C25H18F2N4O2S/c1-30-21-13-29-20-11-22(33-2)15(5-6-16-4-3-7-34-16)10-17(20)23(21)31(25(30)32)24-18(26)8-14(12-28)9-19(24)27/h3-4,7-11,13H,5-6H2,1-2H3. The number of ether oxygens (including phenoxy) is 1. The number of aromatic nitrogens is 3. The maximum atomic E-state index is 15.0. The fourth-order valence-corrected chi connectivity index (χ4v) is 4.93. The number of nitrogens with zero attached hydrogens (tertiary/aromatic N) is 4. The molecule has 3 heterocycles. The maximum absolute atomic E-state index is 15.0. The molecule has 0 aliphatic carbocycles. The molecule has 0 saturated heterocycles. The molecule has 170 valence electrons. The molecule has 0 N–H and O–H groups in total. The molecule has 0 bridgehead atoms. The van der Waals surface area contributed by atoms with Gasteiger partial charge in [-0.05, 0) is 48.1 Å². The summed E-state index contributed by atoms with van der Waals surface area (Å²) in [6, 6.07) is 11.3. The molecular weight excluding hydrogens is 458 g/mol. The van der Waals surface area contributed by atoms with E-state index in [4.69, 9.17) is 10.00 Å². The van der Waals surface area contributed by atoms with Crippen molar-refractivity contribution in [3.8, 4) is 17.5 Å². The van der Waals surface area contributed by atoms with Gasteiger partial charge in [0.15, 0.2) is 11.6 Å². The van der Waals surface area contributed by atoms with Gasteiger partial charge in [-0.1, -0.05) is 6.07 Å². The lowest BCUT2D eigenvalue weighted by Gasteiger charge is -2.12. The van der Waals surface area contributed by atoms with Crippen molar-refractivity contribution >= 4 is 33.3 Å². The van der Waals surface area contributed by atoms with Crippen molar-refractivity contribution in [1.82, 2.24) is 14.1 Å². The number of fused-ring (bicyclic) bond motifs is 3. The molecule has 0 fully saturated rings. The summed E-state index contributed by atoms with van der Waals surface area (Å²) in [5.74, 6) is -1.35. The summed E-state index contributed by atoms with van der Waals surface area (Å²) in [5, 5.41) is 11.6. The summed E-state index contributed by atoms with van der Waals surface area (Å²) >= 11 is 1.66. The first-order chi connectivity index (χ1) is 16.4. The van der Waals surface area contributed by atoms with Crippen LogP contribution in [0.3, 0.4) is 0 Å². The Balaban J connectivity index is 1.81.